The number of nitrogens with zero attached hydrogens (tertiary/aromatic N) is 1. The first kappa shape index (κ1) is 17.2. The van der Waals surface area contributed by atoms with Crippen molar-refractivity contribution >= 4 is 18.0 Å². The summed E-state index contributed by atoms with van der Waals surface area (Å²) in [6.07, 6.45) is 0.632. The number of aliphatic carboxylic acids is 1. The normalized spacial score (nSPS) is 13.3. The standard InChI is InChI=1S/C11H20N2O6/c1-11(18,9(15)16)7-12-10(17)13(2)6-4-5-8(14)19-3/h18H,4-7H2,1-3H3,(H,12,17)(H,15,16). The molecule has 19 heavy (non-hydrogen) atoms. The smallest absolute Gasteiger partial charge is 0.337 e. The summed E-state index contributed by atoms with van der Waals surface area (Å²) in [6.45, 7) is 1.01. The van der Waals surface area contributed by atoms with Crippen molar-refractivity contribution in [3.8, 4) is 0 Å². The molecule has 0 rings (SSSR count). The number of carbonyl (C=O) groups excluding carboxylic acids is 2. The Bertz CT molecular complexity index is 342. The van der Waals surface area contributed by atoms with Gasteiger partial charge >= 0.3 is 18.0 Å². The topological polar surface area (TPSA) is 116 Å². The second kappa shape index (κ2) is 7.57. The van der Waals surface area contributed by atoms with Gasteiger partial charge in [0, 0.05) is 20.0 Å². The van der Waals surface area contributed by atoms with Crippen LogP contribution in [-0.2, 0) is 14.3 Å². The van der Waals surface area contributed by atoms with Crippen molar-refractivity contribution in [3.05, 3.63) is 0 Å². The third kappa shape index (κ3) is 6.61. The Morgan fingerprint density at radius 3 is 2.42 bits per heavy atom. The van der Waals surface area contributed by atoms with Crippen LogP contribution in [0.3, 0.4) is 0 Å². The van der Waals surface area contributed by atoms with Crippen LogP contribution < -0.4 is 5.32 Å². The second-order valence-corrected chi connectivity index (χ2v) is 4.34. The zero-order chi connectivity index (χ0) is 15.1. The molecule has 0 spiro atoms. The highest BCUT2D eigenvalue weighted by Gasteiger charge is 2.30. The molecule has 8 heteroatoms. The fraction of sp³-hybridized carbons (Fsp3) is 0.727. The third-order valence-electron chi connectivity index (χ3n) is 2.49. The number of hydrogen-bond donors (Lipinski definition) is 3. The van der Waals surface area contributed by atoms with Gasteiger partial charge in [-0.15, -0.1) is 0 Å². The highest BCUT2D eigenvalue weighted by molar-refractivity contribution is 5.79. The summed E-state index contributed by atoms with van der Waals surface area (Å²) >= 11 is 0. The largest absolute Gasteiger partial charge is 0.479 e. The van der Waals surface area contributed by atoms with Gasteiger partial charge in [0.25, 0.3) is 0 Å². The first-order chi connectivity index (χ1) is 8.70. The van der Waals surface area contributed by atoms with E-state index in [0.717, 1.165) is 6.92 Å². The lowest BCUT2D eigenvalue weighted by Crippen LogP contribution is -2.49. The Kier molecular flexibility index (Phi) is 6.84. The van der Waals surface area contributed by atoms with E-state index in [4.69, 9.17) is 5.11 Å². The molecule has 0 aromatic rings. The molecule has 2 amide bonds. The lowest BCUT2D eigenvalue weighted by Gasteiger charge is -2.22. The van der Waals surface area contributed by atoms with Gasteiger partial charge in [0.15, 0.2) is 5.60 Å². The lowest BCUT2D eigenvalue weighted by atomic mass is 10.1. The SMILES string of the molecule is COC(=O)CCCN(C)C(=O)NCC(C)(O)C(=O)O. The van der Waals surface area contributed by atoms with E-state index in [2.05, 4.69) is 10.1 Å². The maximum absolute atomic E-state index is 11.6. The number of carboxylic acid groups (broad SMARTS) is 1. The number of hydrogen-bond acceptors (Lipinski definition) is 5. The fourth-order valence-corrected chi connectivity index (χ4v) is 1.12. The van der Waals surface area contributed by atoms with Crippen molar-refractivity contribution in [2.45, 2.75) is 25.4 Å². The summed E-state index contributed by atoms with van der Waals surface area (Å²) in [5, 5.41) is 20.4. The van der Waals surface area contributed by atoms with E-state index >= 15 is 0 Å². The number of nitrogens with one attached hydrogen (secondary N) is 1. The molecule has 0 aromatic carbocycles. The van der Waals surface area contributed by atoms with Crippen LogP contribution in [-0.4, -0.2) is 65.9 Å². The zero-order valence-electron chi connectivity index (χ0n) is 11.3. The molecule has 0 radical (unpaired) electrons. The van der Waals surface area contributed by atoms with E-state index in [-0.39, 0.29) is 12.4 Å². The maximum atomic E-state index is 11.6. The van der Waals surface area contributed by atoms with E-state index in [0.29, 0.717) is 13.0 Å². The number of ether oxygens (including phenoxy) is 1. The Morgan fingerprint density at radius 1 is 1.37 bits per heavy atom. The van der Waals surface area contributed by atoms with Gasteiger partial charge in [0.2, 0.25) is 0 Å². The molecule has 0 aromatic heterocycles. The van der Waals surface area contributed by atoms with Gasteiger partial charge in [0.05, 0.1) is 13.7 Å². The lowest BCUT2D eigenvalue weighted by molar-refractivity contribution is -0.155. The zero-order valence-corrected chi connectivity index (χ0v) is 11.3. The van der Waals surface area contributed by atoms with E-state index in [9.17, 15) is 19.5 Å². The van der Waals surface area contributed by atoms with Gasteiger partial charge in [-0.25, -0.2) is 9.59 Å². The van der Waals surface area contributed by atoms with Gasteiger partial charge in [-0.05, 0) is 13.3 Å². The average molecular weight is 276 g/mol. The Hall–Kier alpha value is -1.83. The predicted molar refractivity (Wildman–Crippen MR) is 65.5 cm³/mol. The maximum Gasteiger partial charge on any atom is 0.337 e. The fourth-order valence-electron chi connectivity index (χ4n) is 1.12. The number of amides is 2. The highest BCUT2D eigenvalue weighted by atomic mass is 16.5. The molecular weight excluding hydrogens is 256 g/mol. The van der Waals surface area contributed by atoms with Gasteiger partial charge in [-0.2, -0.15) is 0 Å². The molecule has 0 aliphatic carbocycles. The third-order valence-corrected chi connectivity index (χ3v) is 2.49. The van der Waals surface area contributed by atoms with Crippen LogP contribution >= 0.6 is 0 Å². The van der Waals surface area contributed by atoms with E-state index in [1.807, 2.05) is 0 Å². The first-order valence-electron chi connectivity index (χ1n) is 5.72. The molecule has 8 nitrogen and oxygen atoms in total. The molecule has 0 heterocycles. The minimum absolute atomic E-state index is 0.195. The summed E-state index contributed by atoms with van der Waals surface area (Å²) in [5.41, 5.74) is -2.01. The number of rotatable bonds is 7. The van der Waals surface area contributed by atoms with Crippen LogP contribution in [0.5, 0.6) is 0 Å². The van der Waals surface area contributed by atoms with Crippen molar-refractivity contribution < 1.29 is 29.3 Å². The number of aliphatic hydroxyl groups is 1. The number of carboxylic acids is 1. The molecule has 3 N–H and O–H groups in total. The Balaban J connectivity index is 4.01. The number of methoxy groups -OCH3 is 1. The van der Waals surface area contributed by atoms with Crippen LogP contribution in [0.2, 0.25) is 0 Å². The molecule has 110 valence electrons. The van der Waals surface area contributed by atoms with Crippen LogP contribution in [0.15, 0.2) is 0 Å². The number of urea groups is 1. The minimum Gasteiger partial charge on any atom is -0.479 e. The van der Waals surface area contributed by atoms with E-state index in [1.165, 1.54) is 19.1 Å². The quantitative estimate of drug-likeness (QED) is 0.535. The summed E-state index contributed by atoms with van der Waals surface area (Å²) in [5.74, 6) is -1.77. The monoisotopic (exact) mass is 276 g/mol. The molecule has 0 aliphatic heterocycles. The van der Waals surface area contributed by atoms with Crippen molar-refractivity contribution in [2.75, 3.05) is 27.2 Å². The van der Waals surface area contributed by atoms with Gasteiger partial charge in [-0.1, -0.05) is 0 Å². The average Bonchev–Trinajstić information content (AvgIpc) is 2.35. The first-order valence-corrected chi connectivity index (χ1v) is 5.72. The second-order valence-electron chi connectivity index (χ2n) is 4.34. The van der Waals surface area contributed by atoms with Gasteiger partial charge in [0.1, 0.15) is 0 Å². The molecule has 0 aliphatic rings. The minimum atomic E-state index is -2.01. The molecule has 1 atom stereocenters. The Labute approximate surface area is 111 Å². The Morgan fingerprint density at radius 2 is 1.95 bits per heavy atom. The van der Waals surface area contributed by atoms with Crippen LogP contribution in [0.4, 0.5) is 4.79 Å². The van der Waals surface area contributed by atoms with E-state index in [1.54, 1.807) is 0 Å². The summed E-state index contributed by atoms with van der Waals surface area (Å²) in [6, 6.07) is -0.522. The van der Waals surface area contributed by atoms with Gasteiger partial charge in [-0.3, -0.25) is 4.79 Å². The van der Waals surface area contributed by atoms with Crippen LogP contribution in [0, 0.1) is 0 Å². The molecule has 0 fully saturated rings. The summed E-state index contributed by atoms with van der Waals surface area (Å²) < 4.78 is 4.45. The van der Waals surface area contributed by atoms with Crippen LogP contribution in [0.1, 0.15) is 19.8 Å². The van der Waals surface area contributed by atoms with E-state index < -0.39 is 24.1 Å². The summed E-state index contributed by atoms with van der Waals surface area (Å²) in [7, 11) is 2.79. The molecule has 1 unspecified atom stereocenters. The number of esters is 1. The molecule has 0 saturated heterocycles. The molecular formula is C11H20N2O6. The van der Waals surface area contributed by atoms with Crippen LogP contribution in [0.25, 0.3) is 0 Å². The number of carbonyl (C=O) groups is 3. The van der Waals surface area contributed by atoms with Gasteiger partial charge < -0.3 is 25.2 Å². The van der Waals surface area contributed by atoms with Crippen molar-refractivity contribution in [2.24, 2.45) is 0 Å². The van der Waals surface area contributed by atoms with Crippen molar-refractivity contribution in [3.63, 3.8) is 0 Å². The molecule has 0 bridgehead atoms. The van der Waals surface area contributed by atoms with Crippen molar-refractivity contribution in [1.82, 2.24) is 10.2 Å². The summed E-state index contributed by atoms with van der Waals surface area (Å²) in [4.78, 5) is 34.3. The highest BCUT2D eigenvalue weighted by Crippen LogP contribution is 2.01. The predicted octanol–water partition coefficient (Wildman–Crippen LogP) is -0.583. The molecule has 0 saturated carbocycles. The van der Waals surface area contributed by atoms with Crippen molar-refractivity contribution in [1.29, 1.82) is 0 Å².